The van der Waals surface area contributed by atoms with Gasteiger partial charge in [0.25, 0.3) is 0 Å². The van der Waals surface area contributed by atoms with Crippen LogP contribution in [0.5, 0.6) is 0 Å². The average Bonchev–Trinajstić information content (AvgIpc) is 1.86. The van der Waals surface area contributed by atoms with E-state index in [0.717, 1.165) is 0 Å². The van der Waals surface area contributed by atoms with Gasteiger partial charge in [0.15, 0.2) is 5.96 Å². The second-order valence-corrected chi connectivity index (χ2v) is 2.43. The zero-order valence-electron chi connectivity index (χ0n) is 6.55. The summed E-state index contributed by atoms with van der Waals surface area (Å²) < 4.78 is 0. The van der Waals surface area contributed by atoms with Crippen LogP contribution in [-0.2, 0) is 4.79 Å². The van der Waals surface area contributed by atoms with Crippen LogP contribution in [0, 0.1) is 11.3 Å². The summed E-state index contributed by atoms with van der Waals surface area (Å²) >= 11 is 0. The Morgan fingerprint density at radius 3 is 2.55 bits per heavy atom. The molecule has 0 saturated heterocycles. The van der Waals surface area contributed by atoms with Crippen LogP contribution < -0.4 is 16.8 Å². The fraction of sp³-hybridized carbons (Fsp3) is 0.667. The summed E-state index contributed by atoms with van der Waals surface area (Å²) in [5.41, 5.74) is 10.0. The molecule has 0 aromatic carbocycles. The Labute approximate surface area is 65.6 Å². The van der Waals surface area contributed by atoms with Crippen LogP contribution in [-0.4, -0.2) is 18.4 Å². The fourth-order valence-corrected chi connectivity index (χ4v) is 0.566. The second-order valence-electron chi connectivity index (χ2n) is 2.43. The zero-order valence-corrected chi connectivity index (χ0v) is 6.55. The maximum Gasteiger partial charge on any atom is 0.220 e. The van der Waals surface area contributed by atoms with Gasteiger partial charge >= 0.3 is 0 Å². The van der Waals surface area contributed by atoms with Gasteiger partial charge in [0.2, 0.25) is 5.91 Å². The van der Waals surface area contributed by atoms with Crippen molar-refractivity contribution in [1.29, 1.82) is 5.41 Å². The number of primary amides is 1. The monoisotopic (exact) mass is 158 g/mol. The molecule has 5 nitrogen and oxygen atoms in total. The first-order valence-corrected chi connectivity index (χ1v) is 3.41. The molecule has 0 aliphatic heterocycles. The Hall–Kier alpha value is -1.26. The molecule has 0 aromatic heterocycles. The highest BCUT2D eigenvalue weighted by Crippen LogP contribution is 1.97. The summed E-state index contributed by atoms with van der Waals surface area (Å²) in [5, 5.41) is 9.38. The number of carbonyl (C=O) groups excluding carboxylic acids is 1. The lowest BCUT2D eigenvalue weighted by Gasteiger charge is -2.07. The Morgan fingerprint density at radius 1 is 1.64 bits per heavy atom. The van der Waals surface area contributed by atoms with Crippen molar-refractivity contribution in [3.8, 4) is 0 Å². The van der Waals surface area contributed by atoms with E-state index in [-0.39, 0.29) is 17.8 Å². The molecule has 6 N–H and O–H groups in total. The third kappa shape index (κ3) is 5.20. The van der Waals surface area contributed by atoms with Crippen LogP contribution >= 0.6 is 0 Å². The van der Waals surface area contributed by atoms with Crippen LogP contribution in [0.25, 0.3) is 0 Å². The molecule has 1 amide bonds. The van der Waals surface area contributed by atoms with Gasteiger partial charge in [-0.25, -0.2) is 0 Å². The number of nitrogens with one attached hydrogen (secondary N) is 2. The largest absolute Gasteiger partial charge is 0.370 e. The lowest BCUT2D eigenvalue weighted by Crippen LogP contribution is -2.33. The first-order chi connectivity index (χ1) is 5.04. The fourth-order valence-electron chi connectivity index (χ4n) is 0.566. The topological polar surface area (TPSA) is 105 Å². The number of hydrogen-bond acceptors (Lipinski definition) is 2. The quantitative estimate of drug-likeness (QED) is 0.311. The van der Waals surface area contributed by atoms with E-state index in [0.29, 0.717) is 13.0 Å². The average molecular weight is 158 g/mol. The number of rotatable bonds is 4. The van der Waals surface area contributed by atoms with E-state index in [2.05, 4.69) is 5.32 Å². The molecule has 0 aliphatic rings. The molecule has 1 atom stereocenters. The normalized spacial score (nSPS) is 12.1. The Bertz CT molecular complexity index is 157. The molecule has 0 rings (SSSR count). The van der Waals surface area contributed by atoms with Gasteiger partial charge in [0.1, 0.15) is 0 Å². The lowest BCUT2D eigenvalue weighted by atomic mass is 10.1. The van der Waals surface area contributed by atoms with Crippen molar-refractivity contribution in [3.05, 3.63) is 0 Å². The molecule has 0 bridgehead atoms. The number of amides is 1. The van der Waals surface area contributed by atoms with Crippen LogP contribution in [0.1, 0.15) is 13.3 Å². The van der Waals surface area contributed by atoms with Crippen LogP contribution in [0.4, 0.5) is 0 Å². The predicted molar refractivity (Wildman–Crippen MR) is 42.9 cm³/mol. The van der Waals surface area contributed by atoms with Crippen LogP contribution in [0.15, 0.2) is 0 Å². The van der Waals surface area contributed by atoms with Crippen molar-refractivity contribution in [2.75, 3.05) is 6.54 Å². The summed E-state index contributed by atoms with van der Waals surface area (Å²) in [6.45, 7) is 2.25. The van der Waals surface area contributed by atoms with Gasteiger partial charge in [-0.3, -0.25) is 10.2 Å². The van der Waals surface area contributed by atoms with E-state index in [1.807, 2.05) is 0 Å². The Kier molecular flexibility index (Phi) is 4.02. The third-order valence-corrected chi connectivity index (χ3v) is 1.38. The predicted octanol–water partition coefficient (Wildman–Crippen LogP) is -1.02. The second kappa shape index (κ2) is 4.54. The number of hydrogen-bond donors (Lipinski definition) is 4. The first kappa shape index (κ1) is 9.74. The highest BCUT2D eigenvalue weighted by Gasteiger charge is 2.06. The van der Waals surface area contributed by atoms with Gasteiger partial charge in [-0.2, -0.15) is 0 Å². The number of carbonyl (C=O) groups is 1. The van der Waals surface area contributed by atoms with Gasteiger partial charge < -0.3 is 16.8 Å². The van der Waals surface area contributed by atoms with E-state index >= 15 is 0 Å². The van der Waals surface area contributed by atoms with Crippen molar-refractivity contribution < 1.29 is 4.79 Å². The van der Waals surface area contributed by atoms with E-state index in [9.17, 15) is 4.79 Å². The molecule has 0 aliphatic carbocycles. The van der Waals surface area contributed by atoms with Crippen molar-refractivity contribution in [3.63, 3.8) is 0 Å². The molecule has 0 aromatic rings. The van der Waals surface area contributed by atoms with Gasteiger partial charge in [-0.05, 0) is 6.42 Å². The highest BCUT2D eigenvalue weighted by atomic mass is 16.1. The molecule has 11 heavy (non-hydrogen) atoms. The molecule has 0 heterocycles. The maximum atomic E-state index is 10.5. The minimum absolute atomic E-state index is 0.0818. The van der Waals surface area contributed by atoms with Gasteiger partial charge in [-0.1, -0.05) is 6.92 Å². The maximum absolute atomic E-state index is 10.5. The molecular formula is C6H14N4O. The van der Waals surface area contributed by atoms with Crippen molar-refractivity contribution in [2.45, 2.75) is 13.3 Å². The lowest BCUT2D eigenvalue weighted by molar-refractivity contribution is -0.121. The van der Waals surface area contributed by atoms with E-state index in [1.165, 1.54) is 0 Å². The summed E-state index contributed by atoms with van der Waals surface area (Å²) in [7, 11) is 0. The zero-order chi connectivity index (χ0) is 8.85. The van der Waals surface area contributed by atoms with E-state index < -0.39 is 0 Å². The van der Waals surface area contributed by atoms with Crippen LogP contribution in [0.3, 0.4) is 0 Å². The molecule has 0 radical (unpaired) electrons. The molecular weight excluding hydrogens is 144 g/mol. The minimum Gasteiger partial charge on any atom is -0.370 e. The summed E-state index contributed by atoms with van der Waals surface area (Å²) in [6.07, 6.45) is 0.606. The summed E-state index contributed by atoms with van der Waals surface area (Å²) in [6, 6.07) is 0. The third-order valence-electron chi connectivity index (χ3n) is 1.38. The van der Waals surface area contributed by atoms with Crippen LogP contribution in [0.2, 0.25) is 0 Å². The summed E-state index contributed by atoms with van der Waals surface area (Å²) in [4.78, 5) is 10.5. The molecule has 5 heteroatoms. The summed E-state index contributed by atoms with van der Waals surface area (Å²) in [5.74, 6) is -0.570. The molecule has 0 saturated carbocycles. The highest BCUT2D eigenvalue weighted by molar-refractivity contribution is 5.76. The van der Waals surface area contributed by atoms with E-state index in [1.54, 1.807) is 6.92 Å². The minimum atomic E-state index is -0.324. The number of nitrogens with two attached hydrogens (primary N) is 2. The van der Waals surface area contributed by atoms with Gasteiger partial charge in [0, 0.05) is 12.5 Å². The number of guanidine groups is 1. The molecule has 0 spiro atoms. The standard InChI is InChI=1S/C6H14N4O/c1-4(5(7)11)2-3-10-6(8)9/h4H,2-3H2,1H3,(H2,7,11)(H4,8,9,10)/t4-/m0/s1. The van der Waals surface area contributed by atoms with Crippen molar-refractivity contribution in [2.24, 2.45) is 17.4 Å². The Balaban J connectivity index is 3.39. The Morgan fingerprint density at radius 2 is 2.18 bits per heavy atom. The smallest absolute Gasteiger partial charge is 0.220 e. The molecule has 0 unspecified atom stereocenters. The molecule has 64 valence electrons. The SMILES string of the molecule is C[C@@H](CCNC(=N)N)C(N)=O. The molecule has 0 fully saturated rings. The van der Waals surface area contributed by atoms with E-state index in [4.69, 9.17) is 16.9 Å². The van der Waals surface area contributed by atoms with Gasteiger partial charge in [0.05, 0.1) is 0 Å². The van der Waals surface area contributed by atoms with Crippen molar-refractivity contribution >= 4 is 11.9 Å². The first-order valence-electron chi connectivity index (χ1n) is 3.41. The van der Waals surface area contributed by atoms with Gasteiger partial charge in [-0.15, -0.1) is 0 Å². The van der Waals surface area contributed by atoms with Crippen molar-refractivity contribution in [1.82, 2.24) is 5.32 Å².